The third-order valence-corrected chi connectivity index (χ3v) is 4.70. The van der Waals surface area contributed by atoms with E-state index in [2.05, 4.69) is 10.3 Å². The van der Waals surface area contributed by atoms with Crippen molar-refractivity contribution in [1.82, 2.24) is 9.55 Å². The molecule has 0 spiro atoms. The number of rotatable bonds is 6. The van der Waals surface area contributed by atoms with E-state index in [4.69, 9.17) is 11.6 Å². The lowest BCUT2D eigenvalue weighted by Gasteiger charge is -2.16. The number of aromatic nitrogens is 2. The van der Waals surface area contributed by atoms with Crippen molar-refractivity contribution in [2.45, 2.75) is 19.9 Å². The standard InChI is InChI=1S/C21H19ClFN3O3/c1-13-16(9-10-27)21(29)26(20(24-13)14-5-3-2-4-6-14)12-19(28)25-18-11-15(23)7-8-17(18)22/h2-8,11,27H,9-10,12H2,1H3,(H,25,28). The van der Waals surface area contributed by atoms with Crippen LogP contribution in [0.3, 0.4) is 0 Å². The van der Waals surface area contributed by atoms with E-state index in [1.165, 1.54) is 16.7 Å². The topological polar surface area (TPSA) is 84.2 Å². The Hall–Kier alpha value is -3.03. The van der Waals surface area contributed by atoms with Crippen molar-refractivity contribution in [3.63, 3.8) is 0 Å². The van der Waals surface area contributed by atoms with Crippen molar-refractivity contribution in [1.29, 1.82) is 0 Å². The van der Waals surface area contributed by atoms with Gasteiger partial charge < -0.3 is 10.4 Å². The maximum atomic E-state index is 13.5. The largest absolute Gasteiger partial charge is 0.396 e. The molecule has 0 saturated heterocycles. The molecule has 3 aromatic rings. The molecule has 150 valence electrons. The van der Waals surface area contributed by atoms with Crippen LogP contribution in [0.2, 0.25) is 5.02 Å². The van der Waals surface area contributed by atoms with E-state index in [-0.39, 0.29) is 30.3 Å². The molecule has 0 bridgehead atoms. The number of aryl methyl sites for hydroxylation is 1. The number of anilines is 1. The van der Waals surface area contributed by atoms with E-state index in [1.54, 1.807) is 31.2 Å². The molecule has 2 aromatic carbocycles. The number of halogens is 2. The summed E-state index contributed by atoms with van der Waals surface area (Å²) in [6, 6.07) is 12.6. The van der Waals surface area contributed by atoms with Gasteiger partial charge in [0.25, 0.3) is 5.56 Å². The van der Waals surface area contributed by atoms with E-state index in [0.29, 0.717) is 22.6 Å². The molecule has 6 nitrogen and oxygen atoms in total. The average Bonchev–Trinajstić information content (AvgIpc) is 2.70. The summed E-state index contributed by atoms with van der Waals surface area (Å²) in [5.74, 6) is -0.776. The van der Waals surface area contributed by atoms with Crippen molar-refractivity contribution < 1.29 is 14.3 Å². The lowest BCUT2D eigenvalue weighted by molar-refractivity contribution is -0.116. The van der Waals surface area contributed by atoms with Crippen LogP contribution in [0.1, 0.15) is 11.3 Å². The van der Waals surface area contributed by atoms with Gasteiger partial charge in [-0.25, -0.2) is 9.37 Å². The Labute approximate surface area is 171 Å². The van der Waals surface area contributed by atoms with Crippen LogP contribution < -0.4 is 10.9 Å². The molecular weight excluding hydrogens is 397 g/mol. The summed E-state index contributed by atoms with van der Waals surface area (Å²) in [6.45, 7) is 1.13. The fourth-order valence-corrected chi connectivity index (χ4v) is 3.15. The maximum absolute atomic E-state index is 13.5. The van der Waals surface area contributed by atoms with Gasteiger partial charge in [0.2, 0.25) is 5.91 Å². The van der Waals surface area contributed by atoms with Gasteiger partial charge in [0.05, 0.1) is 10.7 Å². The van der Waals surface area contributed by atoms with Gasteiger partial charge in [0, 0.05) is 29.8 Å². The summed E-state index contributed by atoms with van der Waals surface area (Å²) in [4.78, 5) is 30.1. The van der Waals surface area contributed by atoms with Crippen molar-refractivity contribution in [2.24, 2.45) is 0 Å². The van der Waals surface area contributed by atoms with Gasteiger partial charge in [-0.15, -0.1) is 0 Å². The van der Waals surface area contributed by atoms with Crippen LogP contribution in [0, 0.1) is 12.7 Å². The molecule has 0 saturated carbocycles. The molecular formula is C21H19ClFN3O3. The second kappa shape index (κ2) is 8.98. The normalized spacial score (nSPS) is 10.8. The van der Waals surface area contributed by atoms with Gasteiger partial charge in [0.15, 0.2) is 0 Å². The van der Waals surface area contributed by atoms with Gasteiger partial charge in [-0.05, 0) is 25.1 Å². The van der Waals surface area contributed by atoms with Crippen LogP contribution in [-0.2, 0) is 17.8 Å². The Balaban J connectivity index is 2.02. The highest BCUT2D eigenvalue weighted by molar-refractivity contribution is 6.33. The number of nitrogens with zero attached hydrogens (tertiary/aromatic N) is 2. The van der Waals surface area contributed by atoms with Gasteiger partial charge >= 0.3 is 0 Å². The first kappa shape index (κ1) is 20.7. The number of benzene rings is 2. The van der Waals surface area contributed by atoms with Crippen molar-refractivity contribution in [2.75, 3.05) is 11.9 Å². The summed E-state index contributed by atoms with van der Waals surface area (Å²) in [7, 11) is 0. The minimum atomic E-state index is -0.558. The number of carbonyl (C=O) groups excluding carboxylic acids is 1. The van der Waals surface area contributed by atoms with Crippen molar-refractivity contribution in [3.05, 3.63) is 81.0 Å². The number of nitrogens with one attached hydrogen (secondary N) is 1. The third-order valence-electron chi connectivity index (χ3n) is 4.37. The minimum Gasteiger partial charge on any atom is -0.396 e. The summed E-state index contributed by atoms with van der Waals surface area (Å²) < 4.78 is 14.7. The van der Waals surface area contributed by atoms with Crippen molar-refractivity contribution >= 4 is 23.2 Å². The Kier molecular flexibility index (Phi) is 6.41. The Morgan fingerprint density at radius 2 is 1.97 bits per heavy atom. The molecule has 0 aliphatic rings. The van der Waals surface area contributed by atoms with Gasteiger partial charge in [-0.2, -0.15) is 0 Å². The second-order valence-electron chi connectivity index (χ2n) is 6.40. The molecule has 8 heteroatoms. The molecule has 0 radical (unpaired) electrons. The fraction of sp³-hybridized carbons (Fsp3) is 0.190. The zero-order chi connectivity index (χ0) is 21.0. The number of hydrogen-bond acceptors (Lipinski definition) is 4. The fourth-order valence-electron chi connectivity index (χ4n) is 2.98. The van der Waals surface area contributed by atoms with E-state index in [1.807, 2.05) is 6.07 Å². The molecule has 2 N–H and O–H groups in total. The molecule has 29 heavy (non-hydrogen) atoms. The van der Waals surface area contributed by atoms with Crippen LogP contribution in [0.5, 0.6) is 0 Å². The molecule has 0 atom stereocenters. The molecule has 0 fully saturated rings. The Morgan fingerprint density at radius 3 is 2.66 bits per heavy atom. The lowest BCUT2D eigenvalue weighted by Crippen LogP contribution is -2.33. The van der Waals surface area contributed by atoms with E-state index >= 15 is 0 Å². The molecule has 0 aliphatic carbocycles. The first-order chi connectivity index (χ1) is 13.9. The summed E-state index contributed by atoms with van der Waals surface area (Å²) in [5, 5.41) is 12.0. The summed E-state index contributed by atoms with van der Waals surface area (Å²) in [6.07, 6.45) is 0.129. The Morgan fingerprint density at radius 1 is 1.24 bits per heavy atom. The highest BCUT2D eigenvalue weighted by atomic mass is 35.5. The number of carbonyl (C=O) groups is 1. The maximum Gasteiger partial charge on any atom is 0.257 e. The highest BCUT2D eigenvalue weighted by Gasteiger charge is 2.18. The van der Waals surface area contributed by atoms with Crippen LogP contribution in [0.25, 0.3) is 11.4 Å². The smallest absolute Gasteiger partial charge is 0.257 e. The van der Waals surface area contributed by atoms with E-state index in [9.17, 15) is 19.1 Å². The first-order valence-corrected chi connectivity index (χ1v) is 9.30. The SMILES string of the molecule is Cc1nc(-c2ccccc2)n(CC(=O)Nc2cc(F)ccc2Cl)c(=O)c1CCO. The highest BCUT2D eigenvalue weighted by Crippen LogP contribution is 2.23. The second-order valence-corrected chi connectivity index (χ2v) is 6.81. The molecule has 1 heterocycles. The summed E-state index contributed by atoms with van der Waals surface area (Å²) in [5.41, 5.74) is 1.20. The van der Waals surface area contributed by atoms with Crippen LogP contribution >= 0.6 is 11.6 Å². The van der Waals surface area contributed by atoms with Gasteiger partial charge in [-0.3, -0.25) is 14.2 Å². The number of amides is 1. The van der Waals surface area contributed by atoms with E-state index in [0.717, 1.165) is 6.07 Å². The first-order valence-electron chi connectivity index (χ1n) is 8.92. The Bertz CT molecular complexity index is 1100. The van der Waals surface area contributed by atoms with Crippen LogP contribution in [0.4, 0.5) is 10.1 Å². The number of aliphatic hydroxyl groups is 1. The van der Waals surface area contributed by atoms with E-state index < -0.39 is 17.3 Å². The van der Waals surface area contributed by atoms with Gasteiger partial charge in [0.1, 0.15) is 18.2 Å². The van der Waals surface area contributed by atoms with Crippen molar-refractivity contribution in [3.8, 4) is 11.4 Å². The molecule has 0 aliphatic heterocycles. The lowest BCUT2D eigenvalue weighted by atomic mass is 10.1. The van der Waals surface area contributed by atoms with Crippen LogP contribution in [0.15, 0.2) is 53.3 Å². The van der Waals surface area contributed by atoms with Crippen LogP contribution in [-0.4, -0.2) is 27.2 Å². The molecule has 0 unspecified atom stereocenters. The number of aliphatic hydroxyl groups excluding tert-OH is 1. The van der Waals surface area contributed by atoms with Gasteiger partial charge in [-0.1, -0.05) is 41.9 Å². The number of hydrogen-bond donors (Lipinski definition) is 2. The molecule has 1 amide bonds. The zero-order valence-electron chi connectivity index (χ0n) is 15.7. The molecule has 1 aromatic heterocycles. The third kappa shape index (κ3) is 4.70. The quantitative estimate of drug-likeness (QED) is 0.647. The average molecular weight is 416 g/mol. The zero-order valence-corrected chi connectivity index (χ0v) is 16.4. The minimum absolute atomic E-state index is 0.113. The molecule has 3 rings (SSSR count). The predicted molar refractivity (Wildman–Crippen MR) is 109 cm³/mol. The monoisotopic (exact) mass is 415 g/mol. The summed E-state index contributed by atoms with van der Waals surface area (Å²) >= 11 is 6.00. The predicted octanol–water partition coefficient (Wildman–Crippen LogP) is 3.18.